The lowest BCUT2D eigenvalue weighted by Gasteiger charge is -2.39. The first-order valence-electron chi connectivity index (χ1n) is 17.6. The van der Waals surface area contributed by atoms with E-state index in [2.05, 4.69) is 0 Å². The summed E-state index contributed by atoms with van der Waals surface area (Å²) in [4.78, 5) is 87.8. The normalized spacial score (nSPS) is 28.2. The van der Waals surface area contributed by atoms with E-state index in [4.69, 9.17) is 14.2 Å². The summed E-state index contributed by atoms with van der Waals surface area (Å²) in [6.45, 7) is 21.4. The van der Waals surface area contributed by atoms with Crippen LogP contribution < -0.4 is 0 Å². The first-order valence-corrected chi connectivity index (χ1v) is 17.6. The van der Waals surface area contributed by atoms with Crippen LogP contribution in [0.25, 0.3) is 0 Å². The van der Waals surface area contributed by atoms with Gasteiger partial charge in [-0.2, -0.15) is 0 Å². The van der Waals surface area contributed by atoms with Crippen LogP contribution in [0, 0.1) is 35.5 Å². The first-order chi connectivity index (χ1) is 22.2. The van der Waals surface area contributed by atoms with E-state index in [9.17, 15) is 28.8 Å². The molecule has 0 saturated carbocycles. The van der Waals surface area contributed by atoms with Gasteiger partial charge in [-0.05, 0) is 35.5 Å². The molecule has 1 saturated heterocycles. The van der Waals surface area contributed by atoms with E-state index in [0.29, 0.717) is 19.3 Å². The fourth-order valence-electron chi connectivity index (χ4n) is 6.00. The van der Waals surface area contributed by atoms with Crippen molar-refractivity contribution in [3.8, 4) is 0 Å². The van der Waals surface area contributed by atoms with Crippen molar-refractivity contribution in [3.05, 3.63) is 0 Å². The van der Waals surface area contributed by atoms with E-state index < -0.39 is 89.8 Å². The lowest BCUT2D eigenvalue weighted by Crippen LogP contribution is -2.58. The Bertz CT molecular complexity index is 1000. The molecule has 1 unspecified atom stereocenters. The molecule has 0 N–H and O–H groups in total. The molecule has 3 amide bonds. The van der Waals surface area contributed by atoms with E-state index in [1.165, 1.54) is 35.8 Å². The number of esters is 3. The molecule has 0 aliphatic carbocycles. The predicted octanol–water partition coefficient (Wildman–Crippen LogP) is 4.32. The van der Waals surface area contributed by atoms with Gasteiger partial charge < -0.3 is 28.9 Å². The van der Waals surface area contributed by atoms with Crippen molar-refractivity contribution < 1.29 is 43.0 Å². The van der Waals surface area contributed by atoms with Crippen LogP contribution in [0.5, 0.6) is 0 Å². The van der Waals surface area contributed by atoms with Crippen molar-refractivity contribution in [3.63, 3.8) is 0 Å². The van der Waals surface area contributed by atoms with Gasteiger partial charge in [-0.25, -0.2) is 14.4 Å². The summed E-state index contributed by atoms with van der Waals surface area (Å²) < 4.78 is 17.8. The zero-order chi connectivity index (χ0) is 37.4. The van der Waals surface area contributed by atoms with Crippen molar-refractivity contribution in [2.24, 2.45) is 35.5 Å². The van der Waals surface area contributed by atoms with E-state index in [-0.39, 0.29) is 17.8 Å². The van der Waals surface area contributed by atoms with Gasteiger partial charge in [0.1, 0.15) is 18.1 Å². The molecule has 1 heterocycles. The number of carbonyl (C=O) groups is 6. The van der Waals surface area contributed by atoms with Crippen LogP contribution in [-0.2, 0) is 43.0 Å². The Morgan fingerprint density at radius 2 is 0.625 bits per heavy atom. The lowest BCUT2D eigenvalue weighted by molar-refractivity contribution is -0.182. The van der Waals surface area contributed by atoms with Crippen molar-refractivity contribution in [1.82, 2.24) is 14.7 Å². The standard InChI is InChI=1S/C36H63N3O9/c1-16-22(10)25-34(43)46-29(20(6)7)32(41)38(14)27(24(12)18-3)36(45)48-30(21(8)9)33(42)39(15)26(23(11)17-2)35(44)47-28(19(4)5)31(40)37(25)13/h19-30H,16-18H2,1-15H3/t22-,23-,24-,25-,26-,27?,28+,29+,30+/m0/s1. The third kappa shape index (κ3) is 9.94. The minimum absolute atomic E-state index is 0.381. The number of ether oxygens (including phenoxy) is 3. The third-order valence-electron chi connectivity index (χ3n) is 9.84. The van der Waals surface area contributed by atoms with Crippen LogP contribution in [0.15, 0.2) is 0 Å². The minimum atomic E-state index is -1.28. The molecular weight excluding hydrogens is 618 g/mol. The Morgan fingerprint density at radius 3 is 0.771 bits per heavy atom. The highest BCUT2D eigenvalue weighted by Crippen LogP contribution is 2.27. The zero-order valence-electron chi connectivity index (χ0n) is 32.1. The van der Waals surface area contributed by atoms with Crippen molar-refractivity contribution in [2.45, 2.75) is 139 Å². The Kier molecular flexibility index (Phi) is 16.6. The van der Waals surface area contributed by atoms with Crippen molar-refractivity contribution in [2.75, 3.05) is 21.1 Å². The number of nitrogens with zero attached hydrogens (tertiary/aromatic N) is 3. The summed E-state index contributed by atoms with van der Waals surface area (Å²) in [7, 11) is 4.39. The van der Waals surface area contributed by atoms with Crippen LogP contribution in [0.4, 0.5) is 0 Å². The largest absolute Gasteiger partial charge is 0.450 e. The highest BCUT2D eigenvalue weighted by atomic mass is 16.6. The SMILES string of the molecule is CC[C@H](C)C1C(=O)O[C@H](C(C)C)C(=O)N(C)[C@@H]([C@@H](C)CC)C(=O)O[C@H](C(C)C)C(=O)N(C)[C@@H]([C@@H](C)CC)C(=O)O[C@H](C(C)C)C(=O)N1C. The topological polar surface area (TPSA) is 140 Å². The molecule has 1 rings (SSSR count). The van der Waals surface area contributed by atoms with Crippen LogP contribution in [-0.4, -0.2) is 108 Å². The summed E-state index contributed by atoms with van der Waals surface area (Å²) in [5, 5.41) is 0. The van der Waals surface area contributed by atoms with Gasteiger partial charge in [-0.15, -0.1) is 0 Å². The van der Waals surface area contributed by atoms with Crippen molar-refractivity contribution >= 4 is 35.6 Å². The van der Waals surface area contributed by atoms with Gasteiger partial charge in [0.2, 0.25) is 0 Å². The molecule has 0 aromatic carbocycles. The highest BCUT2D eigenvalue weighted by Gasteiger charge is 2.46. The quantitative estimate of drug-likeness (QED) is 0.257. The Balaban J connectivity index is 4.04. The molecule has 48 heavy (non-hydrogen) atoms. The second-order valence-corrected chi connectivity index (χ2v) is 14.6. The molecule has 9 atom stereocenters. The van der Waals surface area contributed by atoms with Crippen LogP contribution in [0.3, 0.4) is 0 Å². The van der Waals surface area contributed by atoms with Crippen LogP contribution in [0.1, 0.15) is 102 Å². The second kappa shape index (κ2) is 18.5. The van der Waals surface area contributed by atoms with Gasteiger partial charge in [0, 0.05) is 21.1 Å². The Morgan fingerprint density at radius 1 is 0.438 bits per heavy atom. The predicted molar refractivity (Wildman–Crippen MR) is 182 cm³/mol. The number of hydrogen-bond acceptors (Lipinski definition) is 9. The molecule has 0 aromatic rings. The molecule has 0 aromatic heterocycles. The summed E-state index contributed by atoms with van der Waals surface area (Å²) >= 11 is 0. The molecule has 0 spiro atoms. The Hall–Kier alpha value is -3.18. The number of likely N-dealkylation sites (N-methyl/N-ethyl adjacent to an activating group) is 3. The van der Waals surface area contributed by atoms with Gasteiger partial charge in [-0.3, -0.25) is 14.4 Å². The summed E-state index contributed by atoms with van der Waals surface area (Å²) in [5.41, 5.74) is 0. The number of cyclic esters (lactones) is 3. The minimum Gasteiger partial charge on any atom is -0.450 e. The second-order valence-electron chi connectivity index (χ2n) is 14.6. The highest BCUT2D eigenvalue weighted by molar-refractivity contribution is 5.94. The van der Waals surface area contributed by atoms with Crippen molar-refractivity contribution in [1.29, 1.82) is 0 Å². The van der Waals surface area contributed by atoms with Gasteiger partial charge in [0.25, 0.3) is 17.7 Å². The maximum absolute atomic E-state index is 14.1. The summed E-state index contributed by atoms with van der Waals surface area (Å²) in [6, 6.07) is -3.30. The number of amides is 3. The van der Waals surface area contributed by atoms with Crippen LogP contribution >= 0.6 is 0 Å². The van der Waals surface area contributed by atoms with E-state index in [1.54, 1.807) is 62.3 Å². The molecule has 1 aliphatic heterocycles. The lowest BCUT2D eigenvalue weighted by atomic mass is 9.94. The maximum atomic E-state index is 14.1. The van der Waals surface area contributed by atoms with Gasteiger partial charge in [0.15, 0.2) is 18.3 Å². The van der Waals surface area contributed by atoms with E-state index in [0.717, 1.165) is 0 Å². The molecule has 1 aliphatic rings. The fraction of sp³-hybridized carbons (Fsp3) is 0.833. The van der Waals surface area contributed by atoms with E-state index in [1.807, 2.05) is 20.8 Å². The first kappa shape index (κ1) is 42.8. The van der Waals surface area contributed by atoms with Gasteiger partial charge in [0.05, 0.1) is 0 Å². The van der Waals surface area contributed by atoms with Gasteiger partial charge in [-0.1, -0.05) is 102 Å². The molecule has 0 bridgehead atoms. The van der Waals surface area contributed by atoms with E-state index >= 15 is 0 Å². The van der Waals surface area contributed by atoms with Gasteiger partial charge >= 0.3 is 17.9 Å². The fourth-order valence-corrected chi connectivity index (χ4v) is 6.00. The summed E-state index contributed by atoms with van der Waals surface area (Å²) in [5.74, 6) is -6.73. The summed E-state index contributed by atoms with van der Waals surface area (Å²) in [6.07, 6.45) is -2.32. The smallest absolute Gasteiger partial charge is 0.329 e. The molecule has 276 valence electrons. The third-order valence-corrected chi connectivity index (χ3v) is 9.84. The average molecular weight is 682 g/mol. The molecule has 12 heteroatoms. The number of rotatable bonds is 9. The molecule has 1 fully saturated rings. The molecule has 12 nitrogen and oxygen atoms in total. The number of carbonyl (C=O) groups excluding carboxylic acids is 6. The Labute approximate surface area is 288 Å². The van der Waals surface area contributed by atoms with Crippen LogP contribution in [0.2, 0.25) is 0 Å². The molecular formula is C36H63N3O9. The zero-order valence-corrected chi connectivity index (χ0v) is 32.1. The molecule has 0 radical (unpaired) electrons. The average Bonchev–Trinajstić information content (AvgIpc) is 3.02. The number of hydrogen-bond donors (Lipinski definition) is 0. The monoisotopic (exact) mass is 681 g/mol. The maximum Gasteiger partial charge on any atom is 0.329 e.